The fourth-order valence-corrected chi connectivity index (χ4v) is 3.28. The van der Waals surface area contributed by atoms with Gasteiger partial charge >= 0.3 is 0 Å². The predicted octanol–water partition coefficient (Wildman–Crippen LogP) is 2.95. The van der Waals surface area contributed by atoms with Gasteiger partial charge in [-0.3, -0.25) is 0 Å². The summed E-state index contributed by atoms with van der Waals surface area (Å²) in [5.74, 6) is 0.301. The van der Waals surface area contributed by atoms with Crippen LogP contribution < -0.4 is 0 Å². The van der Waals surface area contributed by atoms with Crippen LogP contribution in [0.2, 0.25) is 0 Å². The maximum atomic E-state index is 12.7. The van der Waals surface area contributed by atoms with Crippen LogP contribution in [0, 0.1) is 6.92 Å². The van der Waals surface area contributed by atoms with Gasteiger partial charge in [0.2, 0.25) is 5.88 Å². The summed E-state index contributed by atoms with van der Waals surface area (Å²) < 4.78 is 31.8. The Morgan fingerprint density at radius 3 is 2.30 bits per heavy atom. The minimum absolute atomic E-state index is 0.233. The SMILES string of the molecule is COC1=C(C)C=CC=CN1S(=O)(=O)c1ccc(C)cc1. The van der Waals surface area contributed by atoms with E-state index in [0.29, 0.717) is 5.88 Å². The monoisotopic (exact) mass is 291 g/mol. The molecule has 4 nitrogen and oxygen atoms in total. The van der Waals surface area contributed by atoms with Crippen molar-refractivity contribution in [2.45, 2.75) is 18.7 Å². The molecule has 0 bridgehead atoms. The smallest absolute Gasteiger partial charge is 0.270 e. The van der Waals surface area contributed by atoms with Crippen molar-refractivity contribution in [3.63, 3.8) is 0 Å². The number of sulfonamides is 1. The minimum atomic E-state index is -3.67. The molecule has 0 unspecified atom stereocenters. The second-order valence-electron chi connectivity index (χ2n) is 4.51. The lowest BCUT2D eigenvalue weighted by molar-refractivity contribution is 0.228. The first-order valence-corrected chi connectivity index (χ1v) is 7.61. The average molecular weight is 291 g/mol. The maximum Gasteiger partial charge on any atom is 0.270 e. The highest BCUT2D eigenvalue weighted by Gasteiger charge is 2.27. The van der Waals surface area contributed by atoms with Crippen LogP contribution in [0.25, 0.3) is 0 Å². The van der Waals surface area contributed by atoms with Crippen molar-refractivity contribution in [1.82, 2.24) is 4.31 Å². The summed E-state index contributed by atoms with van der Waals surface area (Å²) >= 11 is 0. The van der Waals surface area contributed by atoms with Crippen LogP contribution >= 0.6 is 0 Å². The lowest BCUT2D eigenvalue weighted by Gasteiger charge is -2.22. The molecule has 0 saturated heterocycles. The van der Waals surface area contributed by atoms with Crippen LogP contribution in [-0.2, 0) is 14.8 Å². The molecule has 0 saturated carbocycles. The third kappa shape index (κ3) is 2.63. The van der Waals surface area contributed by atoms with Crippen LogP contribution in [0.5, 0.6) is 0 Å². The first kappa shape index (κ1) is 14.4. The zero-order valence-electron chi connectivity index (χ0n) is 11.7. The summed E-state index contributed by atoms with van der Waals surface area (Å²) in [6.45, 7) is 3.72. The Hall–Kier alpha value is -2.01. The molecule has 1 aromatic rings. The predicted molar refractivity (Wildman–Crippen MR) is 78.2 cm³/mol. The summed E-state index contributed by atoms with van der Waals surface area (Å²) in [5, 5.41) is 0. The van der Waals surface area contributed by atoms with E-state index in [1.165, 1.54) is 13.3 Å². The number of ether oxygens (including phenoxy) is 1. The summed E-state index contributed by atoms with van der Waals surface area (Å²) in [6.07, 6.45) is 6.74. The third-order valence-corrected chi connectivity index (χ3v) is 4.66. The fraction of sp³-hybridized carbons (Fsp3) is 0.200. The highest BCUT2D eigenvalue weighted by molar-refractivity contribution is 7.89. The van der Waals surface area contributed by atoms with Crippen molar-refractivity contribution in [1.29, 1.82) is 0 Å². The highest BCUT2D eigenvalue weighted by Crippen LogP contribution is 2.25. The van der Waals surface area contributed by atoms with Gasteiger partial charge < -0.3 is 4.74 Å². The molecule has 0 fully saturated rings. The molecule has 0 aromatic heterocycles. The van der Waals surface area contributed by atoms with Crippen LogP contribution in [0.4, 0.5) is 0 Å². The normalized spacial score (nSPS) is 15.4. The molecule has 106 valence electrons. The average Bonchev–Trinajstić information content (AvgIpc) is 2.61. The summed E-state index contributed by atoms with van der Waals surface area (Å²) in [6, 6.07) is 6.74. The molecule has 20 heavy (non-hydrogen) atoms. The maximum absolute atomic E-state index is 12.7. The van der Waals surface area contributed by atoms with Crippen molar-refractivity contribution in [3.8, 4) is 0 Å². The van der Waals surface area contributed by atoms with Crippen molar-refractivity contribution < 1.29 is 13.2 Å². The zero-order valence-corrected chi connectivity index (χ0v) is 12.5. The first-order valence-electron chi connectivity index (χ1n) is 6.17. The molecule has 1 heterocycles. The Morgan fingerprint density at radius 2 is 1.70 bits per heavy atom. The number of benzene rings is 1. The lowest BCUT2D eigenvalue weighted by Crippen LogP contribution is -2.27. The van der Waals surface area contributed by atoms with E-state index in [9.17, 15) is 8.42 Å². The van der Waals surface area contributed by atoms with Gasteiger partial charge in [-0.25, -0.2) is 12.7 Å². The second-order valence-corrected chi connectivity index (χ2v) is 6.32. The van der Waals surface area contributed by atoms with Crippen molar-refractivity contribution in [3.05, 3.63) is 65.7 Å². The molecular formula is C15H17NO3S. The van der Waals surface area contributed by atoms with Crippen LogP contribution in [0.3, 0.4) is 0 Å². The largest absolute Gasteiger partial charge is 0.481 e. The summed E-state index contributed by atoms with van der Waals surface area (Å²) in [7, 11) is -2.21. The molecule has 0 amide bonds. The Kier molecular flexibility index (Phi) is 3.99. The number of aryl methyl sites for hydroxylation is 1. The van der Waals surface area contributed by atoms with Gasteiger partial charge in [-0.15, -0.1) is 0 Å². The molecule has 0 spiro atoms. The topological polar surface area (TPSA) is 46.6 Å². The quantitative estimate of drug-likeness (QED) is 0.860. The van der Waals surface area contributed by atoms with Gasteiger partial charge in [-0.2, -0.15) is 0 Å². The minimum Gasteiger partial charge on any atom is -0.481 e. The first-order chi connectivity index (χ1) is 9.46. The van der Waals surface area contributed by atoms with Crippen molar-refractivity contribution in [2.24, 2.45) is 0 Å². The van der Waals surface area contributed by atoms with Gasteiger partial charge in [0, 0.05) is 11.8 Å². The Morgan fingerprint density at radius 1 is 1.05 bits per heavy atom. The van der Waals surface area contributed by atoms with Crippen LogP contribution in [0.1, 0.15) is 12.5 Å². The van der Waals surface area contributed by atoms with Gasteiger partial charge in [0.15, 0.2) is 0 Å². The molecule has 2 rings (SSSR count). The number of rotatable bonds is 3. The van der Waals surface area contributed by atoms with Gasteiger partial charge in [-0.05, 0) is 32.1 Å². The van der Waals surface area contributed by atoms with E-state index in [1.54, 1.807) is 49.4 Å². The van der Waals surface area contributed by atoms with E-state index in [2.05, 4.69) is 0 Å². The zero-order chi connectivity index (χ0) is 14.8. The van der Waals surface area contributed by atoms with E-state index in [1.807, 2.05) is 6.92 Å². The number of allylic oxidation sites excluding steroid dienone is 4. The molecule has 1 aromatic carbocycles. The van der Waals surface area contributed by atoms with Crippen LogP contribution in [0.15, 0.2) is 65.0 Å². The number of nitrogens with zero attached hydrogens (tertiary/aromatic N) is 1. The van der Waals surface area contributed by atoms with Gasteiger partial charge in [-0.1, -0.05) is 29.8 Å². The molecular weight excluding hydrogens is 274 g/mol. The summed E-state index contributed by atoms with van der Waals surface area (Å²) in [5.41, 5.74) is 1.75. The highest BCUT2D eigenvalue weighted by atomic mass is 32.2. The molecule has 0 atom stereocenters. The number of hydrogen-bond donors (Lipinski definition) is 0. The lowest BCUT2D eigenvalue weighted by atomic mass is 10.2. The molecule has 0 aliphatic carbocycles. The molecule has 5 heteroatoms. The van der Waals surface area contributed by atoms with Crippen LogP contribution in [-0.4, -0.2) is 19.8 Å². The van der Waals surface area contributed by atoms with Crippen molar-refractivity contribution >= 4 is 10.0 Å². The van der Waals surface area contributed by atoms with E-state index in [0.717, 1.165) is 15.4 Å². The van der Waals surface area contributed by atoms with E-state index < -0.39 is 10.0 Å². The van der Waals surface area contributed by atoms with Gasteiger partial charge in [0.05, 0.1) is 12.0 Å². The van der Waals surface area contributed by atoms with Gasteiger partial charge in [0.1, 0.15) is 0 Å². The standard InChI is InChI=1S/C15H17NO3S/c1-12-7-9-14(10-8-12)20(17,18)16-11-5-4-6-13(2)15(16)19-3/h4-11H,1-3H3. The third-order valence-electron chi connectivity index (χ3n) is 2.99. The number of hydrogen-bond acceptors (Lipinski definition) is 3. The van der Waals surface area contributed by atoms with E-state index in [4.69, 9.17) is 4.74 Å². The van der Waals surface area contributed by atoms with Gasteiger partial charge in [0.25, 0.3) is 10.0 Å². The van der Waals surface area contributed by atoms with Crippen molar-refractivity contribution in [2.75, 3.05) is 7.11 Å². The van der Waals surface area contributed by atoms with E-state index >= 15 is 0 Å². The fourth-order valence-electron chi connectivity index (χ4n) is 1.90. The Balaban J connectivity index is 2.53. The Labute approximate surface area is 119 Å². The number of methoxy groups -OCH3 is 1. The molecule has 0 radical (unpaired) electrons. The van der Waals surface area contributed by atoms with E-state index in [-0.39, 0.29) is 4.90 Å². The Bertz CT molecular complexity index is 682. The summed E-state index contributed by atoms with van der Waals surface area (Å²) in [4.78, 5) is 0.233. The molecule has 1 aliphatic heterocycles. The molecule has 0 N–H and O–H groups in total. The second kappa shape index (κ2) is 5.54. The molecule has 1 aliphatic rings.